The van der Waals surface area contributed by atoms with Gasteiger partial charge in [0.05, 0.1) is 19.3 Å². The number of carbonyl (C=O) groups is 2. The lowest BCUT2D eigenvalue weighted by atomic mass is 10.2. The maximum atomic E-state index is 12.1. The number of likely N-dealkylation sites (tertiary alicyclic amines) is 1. The van der Waals surface area contributed by atoms with Crippen LogP contribution in [0.3, 0.4) is 0 Å². The lowest BCUT2D eigenvalue weighted by Gasteiger charge is -2.27. The van der Waals surface area contributed by atoms with Crippen molar-refractivity contribution >= 4 is 11.9 Å². The molecule has 2 aliphatic heterocycles. The topological polar surface area (TPSA) is 75.9 Å². The van der Waals surface area contributed by atoms with Crippen LogP contribution in [0.15, 0.2) is 10.6 Å². The molecular formula is C16H23N3O4. The first-order valence-electron chi connectivity index (χ1n) is 8.20. The van der Waals surface area contributed by atoms with Gasteiger partial charge in [0.25, 0.3) is 0 Å². The third kappa shape index (κ3) is 3.39. The van der Waals surface area contributed by atoms with Gasteiger partial charge < -0.3 is 14.1 Å². The van der Waals surface area contributed by atoms with Crippen molar-refractivity contribution in [3.63, 3.8) is 0 Å². The zero-order valence-electron chi connectivity index (χ0n) is 13.7. The number of hydrogen-bond donors (Lipinski definition) is 0. The molecule has 3 rings (SSSR count). The Morgan fingerprint density at radius 3 is 2.91 bits per heavy atom. The third-order valence-corrected chi connectivity index (χ3v) is 4.64. The minimum atomic E-state index is -0.151. The number of ether oxygens (including phenoxy) is 1. The Bertz CT molecular complexity index is 586. The van der Waals surface area contributed by atoms with E-state index >= 15 is 0 Å². The summed E-state index contributed by atoms with van der Waals surface area (Å²) in [5.74, 6) is 1.25. The van der Waals surface area contributed by atoms with Crippen LogP contribution in [0.4, 0.5) is 0 Å². The van der Waals surface area contributed by atoms with E-state index in [0.717, 1.165) is 31.6 Å². The third-order valence-electron chi connectivity index (χ3n) is 4.64. The fraction of sp³-hybridized carbons (Fsp3) is 0.688. The minimum Gasteiger partial charge on any atom is -0.464 e. The maximum Gasteiger partial charge on any atom is 0.323 e. The summed E-state index contributed by atoms with van der Waals surface area (Å²) in [6.45, 7) is 5.94. The van der Waals surface area contributed by atoms with E-state index in [-0.39, 0.29) is 24.0 Å². The van der Waals surface area contributed by atoms with E-state index in [0.29, 0.717) is 25.6 Å². The van der Waals surface area contributed by atoms with Gasteiger partial charge in [-0.3, -0.25) is 14.5 Å². The van der Waals surface area contributed by atoms with Crippen LogP contribution in [0.2, 0.25) is 0 Å². The average Bonchev–Trinajstić information content (AvgIpc) is 3.24. The first-order valence-corrected chi connectivity index (χ1v) is 8.20. The maximum absolute atomic E-state index is 12.1. The van der Waals surface area contributed by atoms with Crippen molar-refractivity contribution in [2.45, 2.75) is 51.7 Å². The van der Waals surface area contributed by atoms with Crippen molar-refractivity contribution in [3.8, 4) is 0 Å². The Morgan fingerprint density at radius 2 is 2.30 bits per heavy atom. The predicted molar refractivity (Wildman–Crippen MR) is 81.4 cm³/mol. The quantitative estimate of drug-likeness (QED) is 0.752. The van der Waals surface area contributed by atoms with Crippen LogP contribution >= 0.6 is 0 Å². The molecule has 1 aromatic rings. The number of aryl methyl sites for hydroxylation is 1. The molecular weight excluding hydrogens is 298 g/mol. The second-order valence-corrected chi connectivity index (χ2v) is 6.13. The number of hydrogen-bond acceptors (Lipinski definition) is 6. The summed E-state index contributed by atoms with van der Waals surface area (Å²) in [6.07, 6.45) is 4.09. The number of esters is 1. The zero-order valence-corrected chi connectivity index (χ0v) is 13.7. The van der Waals surface area contributed by atoms with Gasteiger partial charge in [-0.15, -0.1) is 0 Å². The van der Waals surface area contributed by atoms with Crippen LogP contribution in [-0.4, -0.2) is 58.4 Å². The van der Waals surface area contributed by atoms with Crippen LogP contribution in [0.25, 0.3) is 0 Å². The van der Waals surface area contributed by atoms with Crippen molar-refractivity contribution in [2.24, 2.45) is 0 Å². The average molecular weight is 321 g/mol. The van der Waals surface area contributed by atoms with Gasteiger partial charge in [0.1, 0.15) is 11.8 Å². The van der Waals surface area contributed by atoms with Crippen LogP contribution in [0, 0.1) is 0 Å². The Balaban J connectivity index is 1.65. The molecule has 23 heavy (non-hydrogen) atoms. The Morgan fingerprint density at radius 1 is 1.48 bits per heavy atom. The minimum absolute atomic E-state index is 0.00194. The van der Waals surface area contributed by atoms with Crippen molar-refractivity contribution in [2.75, 3.05) is 19.7 Å². The second-order valence-electron chi connectivity index (χ2n) is 6.13. The molecule has 0 unspecified atom stereocenters. The summed E-state index contributed by atoms with van der Waals surface area (Å²) in [5.41, 5.74) is 0. The van der Waals surface area contributed by atoms with Crippen molar-refractivity contribution in [3.05, 3.63) is 17.8 Å². The highest BCUT2D eigenvalue weighted by Crippen LogP contribution is 2.24. The molecule has 1 aromatic heterocycles. The number of oxazole rings is 1. The highest BCUT2D eigenvalue weighted by molar-refractivity contribution is 5.77. The molecule has 3 heterocycles. The highest BCUT2D eigenvalue weighted by Gasteiger charge is 2.39. The number of nitrogens with zero attached hydrogens (tertiary/aromatic N) is 3. The number of aromatic nitrogens is 1. The van der Waals surface area contributed by atoms with E-state index in [2.05, 4.69) is 9.88 Å². The molecule has 2 atom stereocenters. The summed E-state index contributed by atoms with van der Waals surface area (Å²) in [6, 6.07) is -0.0693. The van der Waals surface area contributed by atoms with E-state index in [9.17, 15) is 9.59 Å². The van der Waals surface area contributed by atoms with Gasteiger partial charge in [0.15, 0.2) is 0 Å². The lowest BCUT2D eigenvalue weighted by Crippen LogP contribution is -2.43. The van der Waals surface area contributed by atoms with Crippen LogP contribution in [-0.2, 0) is 27.3 Å². The monoisotopic (exact) mass is 321 g/mol. The van der Waals surface area contributed by atoms with Crippen molar-refractivity contribution in [1.29, 1.82) is 0 Å². The van der Waals surface area contributed by atoms with Gasteiger partial charge in [-0.1, -0.05) is 6.92 Å². The number of amides is 1. The predicted octanol–water partition coefficient (Wildman–Crippen LogP) is 0.975. The lowest BCUT2D eigenvalue weighted by molar-refractivity contribution is -0.142. The fourth-order valence-electron chi connectivity index (χ4n) is 3.35. The van der Waals surface area contributed by atoms with Gasteiger partial charge in [-0.2, -0.15) is 0 Å². The molecule has 2 aliphatic rings. The van der Waals surface area contributed by atoms with Crippen LogP contribution in [0.5, 0.6) is 0 Å². The molecule has 7 nitrogen and oxygen atoms in total. The smallest absolute Gasteiger partial charge is 0.323 e. The molecule has 0 saturated carbocycles. The number of cyclic esters (lactones) is 1. The molecule has 2 fully saturated rings. The summed E-state index contributed by atoms with van der Waals surface area (Å²) in [5, 5.41) is 0. The molecule has 0 N–H and O–H groups in total. The molecule has 0 radical (unpaired) electrons. The zero-order chi connectivity index (χ0) is 16.4. The Labute approximate surface area is 135 Å². The summed E-state index contributed by atoms with van der Waals surface area (Å²) >= 11 is 0. The molecule has 0 aromatic carbocycles. The molecule has 0 aliphatic carbocycles. The van der Waals surface area contributed by atoms with Gasteiger partial charge >= 0.3 is 5.97 Å². The van der Waals surface area contributed by atoms with E-state index < -0.39 is 0 Å². The van der Waals surface area contributed by atoms with Gasteiger partial charge in [-0.05, 0) is 6.42 Å². The van der Waals surface area contributed by atoms with Crippen LogP contribution in [0.1, 0.15) is 38.3 Å². The van der Waals surface area contributed by atoms with E-state index in [1.165, 1.54) is 0 Å². The van der Waals surface area contributed by atoms with E-state index in [1.807, 2.05) is 6.92 Å². The van der Waals surface area contributed by atoms with E-state index in [4.69, 9.17) is 9.15 Å². The molecule has 126 valence electrons. The number of carbonyl (C=O) groups excluding carboxylic acids is 2. The van der Waals surface area contributed by atoms with Gasteiger partial charge in [0.2, 0.25) is 11.8 Å². The largest absolute Gasteiger partial charge is 0.464 e. The molecule has 0 spiro atoms. The van der Waals surface area contributed by atoms with Crippen LogP contribution < -0.4 is 0 Å². The molecule has 7 heteroatoms. The summed E-state index contributed by atoms with van der Waals surface area (Å²) in [7, 11) is 0. The van der Waals surface area contributed by atoms with Gasteiger partial charge in [-0.25, -0.2) is 4.98 Å². The Kier molecular flexibility index (Phi) is 4.66. The fourth-order valence-corrected chi connectivity index (χ4v) is 3.35. The molecule has 1 amide bonds. The number of rotatable bonds is 5. The summed E-state index contributed by atoms with van der Waals surface area (Å²) < 4.78 is 10.7. The van der Waals surface area contributed by atoms with Crippen molar-refractivity contribution in [1.82, 2.24) is 14.8 Å². The molecule has 0 bridgehead atoms. The first-order chi connectivity index (χ1) is 11.1. The Hall–Kier alpha value is -1.89. The first kappa shape index (κ1) is 16.0. The second kappa shape index (κ2) is 6.70. The van der Waals surface area contributed by atoms with E-state index in [1.54, 1.807) is 18.0 Å². The van der Waals surface area contributed by atoms with Gasteiger partial charge in [0, 0.05) is 38.9 Å². The normalized spacial score (nSPS) is 24.9. The summed E-state index contributed by atoms with van der Waals surface area (Å²) in [4.78, 5) is 31.9. The highest BCUT2D eigenvalue weighted by atomic mass is 16.5. The molecule has 2 saturated heterocycles. The SMILES string of the molecule is CCc1cnc(CN(C(C)=O)[C@@H]2CCN([C@@H]3CCOC3=O)C2)o1. The standard InChI is InChI=1S/C16H23N3O4/c1-3-13-8-17-15(23-13)10-19(11(2)20)12-4-6-18(9-12)14-5-7-22-16(14)21/h8,12,14H,3-7,9-10H2,1-2H3/t12-,14-/m1/s1. The van der Waals surface area contributed by atoms with Crippen molar-refractivity contribution < 1.29 is 18.7 Å².